The molecule has 0 unspecified atom stereocenters. The molecule has 0 radical (unpaired) electrons. The van der Waals surface area contributed by atoms with Crippen LogP contribution in [0.3, 0.4) is 0 Å². The Kier molecular flexibility index (Phi) is 5.34. The van der Waals surface area contributed by atoms with E-state index in [9.17, 15) is 13.6 Å². The van der Waals surface area contributed by atoms with Gasteiger partial charge < -0.3 is 9.47 Å². The van der Waals surface area contributed by atoms with Crippen molar-refractivity contribution < 1.29 is 23.0 Å². The highest BCUT2D eigenvalue weighted by Crippen LogP contribution is 2.47. The molecule has 126 valence electrons. The molecule has 0 spiro atoms. The predicted octanol–water partition coefficient (Wildman–Crippen LogP) is 3.87. The number of pyridine rings is 1. The second-order valence-corrected chi connectivity index (χ2v) is 5.60. The summed E-state index contributed by atoms with van der Waals surface area (Å²) < 4.78 is 38.6. The van der Waals surface area contributed by atoms with Crippen molar-refractivity contribution >= 4 is 5.97 Å². The summed E-state index contributed by atoms with van der Waals surface area (Å²) in [5.74, 6) is -3.87. The van der Waals surface area contributed by atoms with Crippen molar-refractivity contribution in [3.8, 4) is 5.88 Å². The number of halogens is 2. The summed E-state index contributed by atoms with van der Waals surface area (Å²) in [6.45, 7) is 3.63. The summed E-state index contributed by atoms with van der Waals surface area (Å²) in [4.78, 5) is 15.8. The lowest BCUT2D eigenvalue weighted by Crippen LogP contribution is -2.31. The fourth-order valence-electron chi connectivity index (χ4n) is 2.79. The molecule has 2 rings (SSSR count). The van der Waals surface area contributed by atoms with Crippen molar-refractivity contribution in [2.24, 2.45) is 0 Å². The summed E-state index contributed by atoms with van der Waals surface area (Å²) in [5, 5.41) is 0. The molecular formula is C17H21F2NO3. The number of carbonyl (C=O) groups is 1. The maximum absolute atomic E-state index is 14.3. The number of allylic oxidation sites excluding steroid dienone is 1. The van der Waals surface area contributed by atoms with Gasteiger partial charge in [0.15, 0.2) is 0 Å². The van der Waals surface area contributed by atoms with E-state index < -0.39 is 17.8 Å². The van der Waals surface area contributed by atoms with E-state index in [4.69, 9.17) is 9.47 Å². The van der Waals surface area contributed by atoms with Crippen LogP contribution in [0, 0.1) is 0 Å². The Balaban J connectivity index is 2.28. The van der Waals surface area contributed by atoms with Crippen LogP contribution < -0.4 is 4.74 Å². The van der Waals surface area contributed by atoms with Gasteiger partial charge in [0, 0.05) is 24.3 Å². The van der Waals surface area contributed by atoms with E-state index in [0.29, 0.717) is 17.0 Å². The van der Waals surface area contributed by atoms with Crippen LogP contribution >= 0.6 is 0 Å². The van der Waals surface area contributed by atoms with Crippen LogP contribution in [0.4, 0.5) is 8.78 Å². The lowest BCUT2D eigenvalue weighted by molar-refractivity contribution is -0.138. The molecule has 1 saturated carbocycles. The number of alkyl halides is 2. The second-order valence-electron chi connectivity index (χ2n) is 5.60. The Bertz CT molecular complexity index is 596. The van der Waals surface area contributed by atoms with Gasteiger partial charge in [0.05, 0.1) is 19.6 Å². The fraction of sp³-hybridized carbons (Fsp3) is 0.529. The van der Waals surface area contributed by atoms with Crippen LogP contribution in [-0.4, -0.2) is 30.6 Å². The van der Waals surface area contributed by atoms with Gasteiger partial charge in [0.25, 0.3) is 5.92 Å². The average Bonchev–Trinajstić information content (AvgIpc) is 2.54. The van der Waals surface area contributed by atoms with Crippen LogP contribution in [0.5, 0.6) is 5.88 Å². The maximum atomic E-state index is 14.3. The van der Waals surface area contributed by atoms with Crippen LogP contribution in [0.1, 0.15) is 44.6 Å². The molecule has 0 amide bonds. The molecule has 1 aromatic heterocycles. The third kappa shape index (κ3) is 3.86. The van der Waals surface area contributed by atoms with Crippen molar-refractivity contribution in [3.05, 3.63) is 35.0 Å². The van der Waals surface area contributed by atoms with Crippen molar-refractivity contribution in [1.29, 1.82) is 0 Å². The van der Waals surface area contributed by atoms with Gasteiger partial charge in [-0.15, -0.1) is 0 Å². The summed E-state index contributed by atoms with van der Waals surface area (Å²) in [6.07, 6.45) is 1.47. The minimum absolute atomic E-state index is 0.131. The number of hydrogen-bond donors (Lipinski definition) is 0. The number of methoxy groups -OCH3 is 1. The highest BCUT2D eigenvalue weighted by molar-refractivity contribution is 5.88. The Morgan fingerprint density at radius 2 is 2.17 bits per heavy atom. The van der Waals surface area contributed by atoms with Crippen molar-refractivity contribution in [1.82, 2.24) is 4.98 Å². The van der Waals surface area contributed by atoms with Gasteiger partial charge in [0.2, 0.25) is 5.88 Å². The van der Waals surface area contributed by atoms with Gasteiger partial charge in [0.1, 0.15) is 0 Å². The highest BCUT2D eigenvalue weighted by Gasteiger charge is 2.44. The van der Waals surface area contributed by atoms with Crippen molar-refractivity contribution in [2.75, 3.05) is 13.7 Å². The first-order valence-electron chi connectivity index (χ1n) is 7.62. The average molecular weight is 325 g/mol. The number of esters is 1. The van der Waals surface area contributed by atoms with Gasteiger partial charge >= 0.3 is 5.97 Å². The number of carbonyl (C=O) groups excluding carboxylic acids is 1. The smallest absolute Gasteiger partial charge is 0.333 e. The molecule has 23 heavy (non-hydrogen) atoms. The zero-order valence-corrected chi connectivity index (χ0v) is 13.6. The molecule has 6 heteroatoms. The third-order valence-electron chi connectivity index (χ3n) is 4.20. The Morgan fingerprint density at radius 3 is 2.74 bits per heavy atom. The molecule has 0 N–H and O–H groups in total. The Labute approximate surface area is 134 Å². The minimum Gasteiger partial charge on any atom is -0.481 e. The second kappa shape index (κ2) is 7.06. The molecule has 1 aliphatic rings. The van der Waals surface area contributed by atoms with E-state index >= 15 is 0 Å². The maximum Gasteiger partial charge on any atom is 0.333 e. The van der Waals surface area contributed by atoms with E-state index in [-0.39, 0.29) is 25.9 Å². The van der Waals surface area contributed by atoms with Crippen molar-refractivity contribution in [2.45, 2.75) is 45.0 Å². The molecule has 0 saturated heterocycles. The summed E-state index contributed by atoms with van der Waals surface area (Å²) in [7, 11) is 1.47. The monoisotopic (exact) mass is 325 g/mol. The van der Waals surface area contributed by atoms with Crippen LogP contribution in [0.25, 0.3) is 0 Å². The van der Waals surface area contributed by atoms with Gasteiger partial charge in [-0.05, 0) is 32.3 Å². The van der Waals surface area contributed by atoms with Gasteiger partial charge in [-0.3, -0.25) is 0 Å². The highest BCUT2D eigenvalue weighted by atomic mass is 19.3. The number of ether oxygens (including phenoxy) is 2. The largest absolute Gasteiger partial charge is 0.481 e. The standard InChI is InChI=1S/C17H21F2NO3/c1-4-23-16(21)11(2)12-7-8-17(18,19)14(9-12)13-5-6-15(22-3)20-10-13/h5-6,10,14H,4,7-9H2,1-3H3/b12-11+/t14-/m1/s1. The van der Waals surface area contributed by atoms with Crippen LogP contribution in [0.15, 0.2) is 29.5 Å². The molecule has 0 bridgehead atoms. The third-order valence-corrected chi connectivity index (χ3v) is 4.20. The van der Waals surface area contributed by atoms with E-state index in [1.54, 1.807) is 26.0 Å². The lowest BCUT2D eigenvalue weighted by Gasteiger charge is -2.33. The Hall–Kier alpha value is -1.98. The van der Waals surface area contributed by atoms with E-state index in [1.807, 2.05) is 0 Å². The topological polar surface area (TPSA) is 48.4 Å². The van der Waals surface area contributed by atoms with Gasteiger partial charge in [-0.2, -0.15) is 0 Å². The summed E-state index contributed by atoms with van der Waals surface area (Å²) in [6, 6.07) is 3.18. The van der Waals surface area contributed by atoms with Gasteiger partial charge in [-0.1, -0.05) is 11.6 Å². The summed E-state index contributed by atoms with van der Waals surface area (Å²) >= 11 is 0. The van der Waals surface area contributed by atoms with E-state index in [0.717, 1.165) is 5.57 Å². The zero-order chi connectivity index (χ0) is 17.0. The zero-order valence-electron chi connectivity index (χ0n) is 13.6. The van der Waals surface area contributed by atoms with Gasteiger partial charge in [-0.25, -0.2) is 18.6 Å². The first kappa shape index (κ1) is 17.4. The first-order valence-corrected chi connectivity index (χ1v) is 7.62. The molecule has 1 aromatic rings. The SMILES string of the molecule is CCOC(=O)/C(C)=C1\CCC(F)(F)[C@@H](c2ccc(OC)nc2)C1. The molecule has 0 aliphatic heterocycles. The van der Waals surface area contributed by atoms with Crippen molar-refractivity contribution in [3.63, 3.8) is 0 Å². The molecule has 0 aromatic carbocycles. The number of hydrogen-bond acceptors (Lipinski definition) is 4. The molecule has 1 fully saturated rings. The number of rotatable bonds is 4. The van der Waals surface area contributed by atoms with Crippen LogP contribution in [-0.2, 0) is 9.53 Å². The minimum atomic E-state index is -2.82. The summed E-state index contributed by atoms with van der Waals surface area (Å²) in [5.41, 5.74) is 1.62. The quantitative estimate of drug-likeness (QED) is 0.623. The number of aromatic nitrogens is 1. The van der Waals surface area contributed by atoms with Crippen LogP contribution in [0.2, 0.25) is 0 Å². The molecule has 1 atom stereocenters. The lowest BCUT2D eigenvalue weighted by atomic mass is 9.77. The molecule has 1 aliphatic carbocycles. The Morgan fingerprint density at radius 1 is 1.43 bits per heavy atom. The fourth-order valence-corrected chi connectivity index (χ4v) is 2.79. The van der Waals surface area contributed by atoms with E-state index in [2.05, 4.69) is 4.98 Å². The predicted molar refractivity (Wildman–Crippen MR) is 81.7 cm³/mol. The number of nitrogens with zero attached hydrogens (tertiary/aromatic N) is 1. The molecule has 1 heterocycles. The molecular weight excluding hydrogens is 304 g/mol. The molecule has 4 nitrogen and oxygen atoms in total. The normalized spacial score (nSPS) is 22.4. The first-order chi connectivity index (χ1) is 10.9. The van der Waals surface area contributed by atoms with E-state index in [1.165, 1.54) is 13.3 Å².